The van der Waals surface area contributed by atoms with Crippen molar-refractivity contribution in [2.45, 2.75) is 12.0 Å². The third-order valence-electron chi connectivity index (χ3n) is 3.59. The van der Waals surface area contributed by atoms with Gasteiger partial charge in [-0.05, 0) is 18.6 Å². The number of ether oxygens (including phenoxy) is 2. The fourth-order valence-electron chi connectivity index (χ4n) is 2.44. The molecule has 0 saturated carbocycles. The molecule has 2 fully saturated rings. The highest BCUT2D eigenvalue weighted by molar-refractivity contribution is 5.13. The van der Waals surface area contributed by atoms with Crippen LogP contribution in [0.4, 0.5) is 4.39 Å². The summed E-state index contributed by atoms with van der Waals surface area (Å²) < 4.78 is 24.5. The van der Waals surface area contributed by atoms with Gasteiger partial charge in [-0.2, -0.15) is 0 Å². The van der Waals surface area contributed by atoms with E-state index >= 15 is 0 Å². The van der Waals surface area contributed by atoms with Gasteiger partial charge in [-0.25, -0.2) is 9.37 Å². The van der Waals surface area contributed by atoms with Crippen LogP contribution in [0.25, 0.3) is 0 Å². The molecule has 4 nitrogen and oxygen atoms in total. The lowest BCUT2D eigenvalue weighted by Crippen LogP contribution is -2.63. The zero-order valence-corrected chi connectivity index (χ0v) is 9.49. The predicted octanol–water partition coefficient (Wildman–Crippen LogP) is 0.978. The molecule has 2 saturated heterocycles. The zero-order valence-electron chi connectivity index (χ0n) is 9.49. The molecule has 0 amide bonds. The minimum Gasteiger partial charge on any atom is -0.475 e. The van der Waals surface area contributed by atoms with Crippen LogP contribution in [0.1, 0.15) is 6.42 Å². The second-order valence-corrected chi connectivity index (χ2v) is 4.60. The Hall–Kier alpha value is -1.20. The highest BCUT2D eigenvalue weighted by Gasteiger charge is 2.49. The molecular formula is C12H15FN2O2. The fraction of sp³-hybridized carbons (Fsp3) is 0.583. The van der Waals surface area contributed by atoms with Crippen LogP contribution < -0.4 is 10.1 Å². The first-order chi connectivity index (χ1) is 8.30. The Labute approximate surface area is 99.1 Å². The minimum atomic E-state index is -0.410. The Bertz CT molecular complexity index is 409. The van der Waals surface area contributed by atoms with Crippen LogP contribution in [-0.2, 0) is 4.74 Å². The summed E-state index contributed by atoms with van der Waals surface area (Å²) in [4.78, 5) is 3.88. The molecule has 3 heterocycles. The molecule has 0 radical (unpaired) electrons. The molecule has 2 aliphatic rings. The number of nitrogens with zero attached hydrogens (tertiary/aromatic N) is 1. The Kier molecular flexibility index (Phi) is 2.72. The normalized spacial score (nSPS) is 25.8. The standard InChI is InChI=1S/C12H15FN2O2/c13-10-2-1-4-15-11(10)16-6-9-3-5-17-12(9)7-14-8-12/h1-2,4,9,14H,3,5-8H2/t9-/m1/s1. The maximum Gasteiger partial charge on any atom is 0.250 e. The molecule has 1 atom stereocenters. The predicted molar refractivity (Wildman–Crippen MR) is 59.3 cm³/mol. The molecule has 2 aliphatic heterocycles. The highest BCUT2D eigenvalue weighted by Crippen LogP contribution is 2.35. The van der Waals surface area contributed by atoms with Crippen molar-refractivity contribution in [1.29, 1.82) is 0 Å². The highest BCUT2D eigenvalue weighted by atomic mass is 19.1. The summed E-state index contributed by atoms with van der Waals surface area (Å²) in [5.74, 6) is -0.000751. The molecule has 0 unspecified atom stereocenters. The van der Waals surface area contributed by atoms with E-state index in [2.05, 4.69) is 10.3 Å². The minimum absolute atomic E-state index is 0.0781. The van der Waals surface area contributed by atoms with E-state index in [4.69, 9.17) is 9.47 Å². The van der Waals surface area contributed by atoms with Gasteiger partial charge in [-0.15, -0.1) is 0 Å². The van der Waals surface area contributed by atoms with E-state index in [1.54, 1.807) is 6.07 Å². The third-order valence-corrected chi connectivity index (χ3v) is 3.59. The second-order valence-electron chi connectivity index (χ2n) is 4.60. The van der Waals surface area contributed by atoms with Gasteiger partial charge in [-0.1, -0.05) is 0 Å². The van der Waals surface area contributed by atoms with Crippen molar-refractivity contribution in [2.75, 3.05) is 26.3 Å². The molecule has 1 spiro atoms. The summed E-state index contributed by atoms with van der Waals surface area (Å²) in [5, 5.41) is 3.21. The van der Waals surface area contributed by atoms with Crippen molar-refractivity contribution < 1.29 is 13.9 Å². The number of nitrogens with one attached hydrogen (secondary N) is 1. The van der Waals surface area contributed by atoms with Gasteiger partial charge in [0.15, 0.2) is 5.82 Å². The Balaban J connectivity index is 1.63. The van der Waals surface area contributed by atoms with Gasteiger partial charge in [0.2, 0.25) is 5.88 Å². The summed E-state index contributed by atoms with van der Waals surface area (Å²) in [6.07, 6.45) is 2.50. The van der Waals surface area contributed by atoms with E-state index in [1.165, 1.54) is 12.3 Å². The van der Waals surface area contributed by atoms with E-state index in [0.29, 0.717) is 12.5 Å². The second kappa shape index (κ2) is 4.23. The summed E-state index contributed by atoms with van der Waals surface area (Å²) in [5.41, 5.74) is -0.0781. The van der Waals surface area contributed by atoms with Gasteiger partial charge in [-0.3, -0.25) is 0 Å². The largest absolute Gasteiger partial charge is 0.475 e. The molecule has 3 rings (SSSR count). The van der Waals surface area contributed by atoms with Crippen LogP contribution in [0.3, 0.4) is 0 Å². The molecule has 1 aromatic rings. The van der Waals surface area contributed by atoms with Gasteiger partial charge in [0.05, 0.1) is 12.2 Å². The number of hydrogen-bond acceptors (Lipinski definition) is 4. The maximum atomic E-state index is 13.3. The summed E-state index contributed by atoms with van der Waals surface area (Å²) in [7, 11) is 0. The lowest BCUT2D eigenvalue weighted by Gasteiger charge is -2.42. The van der Waals surface area contributed by atoms with Gasteiger partial charge in [0.25, 0.3) is 0 Å². The quantitative estimate of drug-likeness (QED) is 0.852. The number of rotatable bonds is 3. The van der Waals surface area contributed by atoms with Crippen molar-refractivity contribution in [3.63, 3.8) is 0 Å². The van der Waals surface area contributed by atoms with Crippen LogP contribution >= 0.6 is 0 Å². The molecule has 1 aromatic heterocycles. The molecule has 17 heavy (non-hydrogen) atoms. The lowest BCUT2D eigenvalue weighted by atomic mass is 9.83. The van der Waals surface area contributed by atoms with Gasteiger partial charge >= 0.3 is 0 Å². The van der Waals surface area contributed by atoms with Crippen molar-refractivity contribution >= 4 is 0 Å². The monoisotopic (exact) mass is 238 g/mol. The lowest BCUT2D eigenvalue weighted by molar-refractivity contribution is -0.0695. The van der Waals surface area contributed by atoms with Crippen LogP contribution in [-0.4, -0.2) is 36.9 Å². The number of pyridine rings is 1. The van der Waals surface area contributed by atoms with E-state index in [-0.39, 0.29) is 11.5 Å². The van der Waals surface area contributed by atoms with Gasteiger partial charge < -0.3 is 14.8 Å². The summed E-state index contributed by atoms with van der Waals surface area (Å²) in [6.45, 7) is 2.97. The smallest absolute Gasteiger partial charge is 0.250 e. The number of aromatic nitrogens is 1. The first-order valence-corrected chi connectivity index (χ1v) is 5.88. The zero-order chi connectivity index (χ0) is 11.7. The van der Waals surface area contributed by atoms with Crippen molar-refractivity contribution in [2.24, 2.45) is 5.92 Å². The van der Waals surface area contributed by atoms with Crippen molar-refractivity contribution in [1.82, 2.24) is 10.3 Å². The average molecular weight is 238 g/mol. The first kappa shape index (κ1) is 10.9. The maximum absolute atomic E-state index is 13.3. The molecule has 0 bridgehead atoms. The molecule has 0 aliphatic carbocycles. The third kappa shape index (κ3) is 1.89. The average Bonchev–Trinajstić information content (AvgIpc) is 2.71. The summed E-state index contributed by atoms with van der Waals surface area (Å²) >= 11 is 0. The SMILES string of the molecule is Fc1cccnc1OC[C@H]1CCOC12CNC2. The van der Waals surface area contributed by atoms with E-state index in [0.717, 1.165) is 26.1 Å². The van der Waals surface area contributed by atoms with Crippen LogP contribution in [0.2, 0.25) is 0 Å². The van der Waals surface area contributed by atoms with E-state index in [1.807, 2.05) is 0 Å². The summed E-state index contributed by atoms with van der Waals surface area (Å²) in [6, 6.07) is 2.91. The first-order valence-electron chi connectivity index (χ1n) is 5.88. The fourth-order valence-corrected chi connectivity index (χ4v) is 2.44. The molecule has 5 heteroatoms. The number of halogens is 1. The molecule has 0 aromatic carbocycles. The Morgan fingerprint density at radius 1 is 1.59 bits per heavy atom. The Morgan fingerprint density at radius 2 is 2.47 bits per heavy atom. The van der Waals surface area contributed by atoms with E-state index in [9.17, 15) is 4.39 Å². The topological polar surface area (TPSA) is 43.4 Å². The molecule has 1 N–H and O–H groups in total. The molecule has 92 valence electrons. The molecular weight excluding hydrogens is 223 g/mol. The van der Waals surface area contributed by atoms with Gasteiger partial charge in [0.1, 0.15) is 0 Å². The van der Waals surface area contributed by atoms with Crippen molar-refractivity contribution in [3.05, 3.63) is 24.1 Å². The van der Waals surface area contributed by atoms with E-state index < -0.39 is 5.82 Å². The van der Waals surface area contributed by atoms with Crippen molar-refractivity contribution in [3.8, 4) is 5.88 Å². The van der Waals surface area contributed by atoms with Crippen LogP contribution in [0, 0.1) is 11.7 Å². The number of hydrogen-bond donors (Lipinski definition) is 1. The Morgan fingerprint density at radius 3 is 3.18 bits per heavy atom. The van der Waals surface area contributed by atoms with Crippen LogP contribution in [0.15, 0.2) is 18.3 Å². The van der Waals surface area contributed by atoms with Gasteiger partial charge in [0, 0.05) is 31.8 Å². The van der Waals surface area contributed by atoms with Crippen LogP contribution in [0.5, 0.6) is 5.88 Å².